The van der Waals surface area contributed by atoms with Crippen molar-refractivity contribution in [2.24, 2.45) is 0 Å². The second-order valence-electron chi connectivity index (χ2n) is 3.13. The Kier molecular flexibility index (Phi) is 3.27. The van der Waals surface area contributed by atoms with Gasteiger partial charge in [-0.2, -0.15) is 0 Å². The smallest absolute Gasteiger partial charge is 0.268 e. The van der Waals surface area contributed by atoms with E-state index in [-0.39, 0.29) is 4.31 Å². The molecule has 0 heterocycles. The van der Waals surface area contributed by atoms with Crippen LogP contribution < -0.4 is 0 Å². The minimum Gasteiger partial charge on any atom is -0.268 e. The minimum absolute atomic E-state index is 0.286. The summed E-state index contributed by atoms with van der Waals surface area (Å²) < 4.78 is 48.7. The van der Waals surface area contributed by atoms with Gasteiger partial charge in [-0.1, -0.05) is 6.07 Å². The van der Waals surface area contributed by atoms with Crippen LogP contribution in [0.2, 0.25) is 0 Å². The second kappa shape index (κ2) is 4.17. The van der Waals surface area contributed by atoms with Crippen LogP contribution in [0.3, 0.4) is 0 Å². The molecule has 0 saturated heterocycles. The monoisotopic (exact) mass is 249 g/mol. The highest BCUT2D eigenvalue weighted by atomic mass is 32.2. The molecule has 16 heavy (non-hydrogen) atoms. The zero-order valence-electron chi connectivity index (χ0n) is 8.57. The van der Waals surface area contributed by atoms with Gasteiger partial charge in [0.1, 0.15) is 17.2 Å². The zero-order valence-corrected chi connectivity index (χ0v) is 9.38. The standard InChI is InChI=1S/C9H9F2NO3S/c1-12(16(2,14)15)9(13)8-6(10)4-3-5-7(8)11/h3-5H,1-2H3. The van der Waals surface area contributed by atoms with E-state index in [1.165, 1.54) is 0 Å². The van der Waals surface area contributed by atoms with Gasteiger partial charge >= 0.3 is 0 Å². The van der Waals surface area contributed by atoms with Gasteiger partial charge in [-0.3, -0.25) is 4.79 Å². The average Bonchev–Trinajstić information content (AvgIpc) is 2.14. The van der Waals surface area contributed by atoms with Crippen LogP contribution >= 0.6 is 0 Å². The Labute approximate surface area is 91.5 Å². The van der Waals surface area contributed by atoms with Crippen LogP contribution in [0.5, 0.6) is 0 Å². The molecule has 0 saturated carbocycles. The van der Waals surface area contributed by atoms with Crippen LogP contribution in [0.1, 0.15) is 10.4 Å². The molecular weight excluding hydrogens is 240 g/mol. The van der Waals surface area contributed by atoms with Crippen LogP contribution in [0.25, 0.3) is 0 Å². The van der Waals surface area contributed by atoms with Crippen LogP contribution in [-0.4, -0.2) is 31.9 Å². The number of hydrogen-bond donors (Lipinski definition) is 0. The lowest BCUT2D eigenvalue weighted by atomic mass is 10.2. The molecule has 0 aliphatic heterocycles. The molecule has 0 aromatic heterocycles. The number of amides is 1. The molecule has 0 atom stereocenters. The van der Waals surface area contributed by atoms with Crippen molar-refractivity contribution in [3.63, 3.8) is 0 Å². The van der Waals surface area contributed by atoms with E-state index in [1.807, 2.05) is 0 Å². The van der Waals surface area contributed by atoms with Crippen molar-refractivity contribution in [1.82, 2.24) is 4.31 Å². The first-order valence-electron chi connectivity index (χ1n) is 4.17. The van der Waals surface area contributed by atoms with Crippen molar-refractivity contribution in [1.29, 1.82) is 0 Å². The van der Waals surface area contributed by atoms with Gasteiger partial charge in [-0.25, -0.2) is 21.5 Å². The normalized spacial score (nSPS) is 11.2. The van der Waals surface area contributed by atoms with Crippen molar-refractivity contribution in [2.75, 3.05) is 13.3 Å². The molecule has 7 heteroatoms. The number of carbonyl (C=O) groups excluding carboxylic acids is 1. The molecule has 0 fully saturated rings. The number of carbonyl (C=O) groups is 1. The molecule has 88 valence electrons. The van der Waals surface area contributed by atoms with Crippen molar-refractivity contribution < 1.29 is 22.0 Å². The predicted octanol–water partition coefficient (Wildman–Crippen LogP) is 0.996. The summed E-state index contributed by atoms with van der Waals surface area (Å²) in [7, 11) is -2.90. The first-order valence-corrected chi connectivity index (χ1v) is 6.02. The third-order valence-electron chi connectivity index (χ3n) is 1.96. The summed E-state index contributed by atoms with van der Waals surface area (Å²) in [6.07, 6.45) is 0.768. The fourth-order valence-electron chi connectivity index (χ4n) is 1.01. The van der Waals surface area contributed by atoms with Crippen LogP contribution in [0.4, 0.5) is 8.78 Å². The summed E-state index contributed by atoms with van der Waals surface area (Å²) in [5, 5.41) is 0. The fraction of sp³-hybridized carbons (Fsp3) is 0.222. The van der Waals surface area contributed by atoms with Gasteiger partial charge in [0.05, 0.1) is 6.26 Å². The van der Waals surface area contributed by atoms with E-state index in [0.29, 0.717) is 0 Å². The first-order chi connectivity index (χ1) is 7.25. The van der Waals surface area contributed by atoms with E-state index in [1.54, 1.807) is 0 Å². The number of nitrogens with zero attached hydrogens (tertiary/aromatic N) is 1. The number of sulfonamides is 1. The van der Waals surface area contributed by atoms with Gasteiger partial charge < -0.3 is 0 Å². The van der Waals surface area contributed by atoms with Crippen molar-refractivity contribution in [2.45, 2.75) is 0 Å². The molecule has 0 aliphatic rings. The summed E-state index contributed by atoms with van der Waals surface area (Å²) in [5.41, 5.74) is -0.879. The van der Waals surface area contributed by atoms with Crippen molar-refractivity contribution >= 4 is 15.9 Å². The lowest BCUT2D eigenvalue weighted by molar-refractivity contribution is 0.0875. The van der Waals surface area contributed by atoms with E-state index in [2.05, 4.69) is 0 Å². The average molecular weight is 249 g/mol. The Morgan fingerprint density at radius 2 is 1.69 bits per heavy atom. The quantitative estimate of drug-likeness (QED) is 0.785. The molecule has 0 radical (unpaired) electrons. The van der Waals surface area contributed by atoms with Gasteiger partial charge in [-0.15, -0.1) is 0 Å². The maximum atomic E-state index is 13.2. The summed E-state index contributed by atoms with van der Waals surface area (Å²) >= 11 is 0. The van der Waals surface area contributed by atoms with E-state index in [9.17, 15) is 22.0 Å². The molecule has 0 spiro atoms. The van der Waals surface area contributed by atoms with E-state index in [4.69, 9.17) is 0 Å². The van der Waals surface area contributed by atoms with E-state index in [0.717, 1.165) is 31.5 Å². The Balaban J connectivity index is 3.26. The Morgan fingerprint density at radius 3 is 2.06 bits per heavy atom. The van der Waals surface area contributed by atoms with Crippen molar-refractivity contribution in [3.8, 4) is 0 Å². The summed E-state index contributed by atoms with van der Waals surface area (Å²) in [6, 6.07) is 2.85. The van der Waals surface area contributed by atoms with Crippen molar-refractivity contribution in [3.05, 3.63) is 35.4 Å². The highest BCUT2D eigenvalue weighted by Gasteiger charge is 2.25. The lowest BCUT2D eigenvalue weighted by Gasteiger charge is -2.15. The molecule has 1 aromatic rings. The number of benzene rings is 1. The van der Waals surface area contributed by atoms with Gasteiger partial charge in [0.2, 0.25) is 10.0 Å². The molecule has 4 nitrogen and oxygen atoms in total. The SMILES string of the molecule is CN(C(=O)c1c(F)cccc1F)S(C)(=O)=O. The van der Waals surface area contributed by atoms with Crippen LogP contribution in [-0.2, 0) is 10.0 Å². The summed E-state index contributed by atoms with van der Waals surface area (Å²) in [4.78, 5) is 11.5. The number of halogens is 2. The zero-order chi connectivity index (χ0) is 12.5. The molecular formula is C9H9F2NO3S. The molecule has 1 rings (SSSR count). The Morgan fingerprint density at radius 1 is 1.25 bits per heavy atom. The molecule has 1 amide bonds. The number of rotatable bonds is 2. The van der Waals surface area contributed by atoms with Gasteiger partial charge in [-0.05, 0) is 12.1 Å². The van der Waals surface area contributed by atoms with Crippen LogP contribution in [0, 0.1) is 11.6 Å². The molecule has 0 N–H and O–H groups in total. The van der Waals surface area contributed by atoms with Gasteiger partial charge in [0.15, 0.2) is 0 Å². The van der Waals surface area contributed by atoms with Crippen LogP contribution in [0.15, 0.2) is 18.2 Å². The van der Waals surface area contributed by atoms with Gasteiger partial charge in [0, 0.05) is 7.05 Å². The minimum atomic E-state index is -3.83. The highest BCUT2D eigenvalue weighted by molar-refractivity contribution is 7.88. The predicted molar refractivity (Wildman–Crippen MR) is 53.3 cm³/mol. The number of hydrogen-bond acceptors (Lipinski definition) is 3. The molecule has 1 aromatic carbocycles. The summed E-state index contributed by atoms with van der Waals surface area (Å²) in [6.45, 7) is 0. The molecule has 0 unspecified atom stereocenters. The van der Waals surface area contributed by atoms with E-state index >= 15 is 0 Å². The Hall–Kier alpha value is -1.50. The molecule has 0 bridgehead atoms. The first kappa shape index (κ1) is 12.6. The third-order valence-corrected chi connectivity index (χ3v) is 3.12. The van der Waals surface area contributed by atoms with E-state index < -0.39 is 33.1 Å². The topological polar surface area (TPSA) is 54.5 Å². The Bertz CT molecular complexity index is 507. The highest BCUT2D eigenvalue weighted by Crippen LogP contribution is 2.15. The largest absolute Gasteiger partial charge is 0.273 e. The third kappa shape index (κ3) is 2.35. The maximum absolute atomic E-state index is 13.2. The second-order valence-corrected chi connectivity index (χ2v) is 5.15. The maximum Gasteiger partial charge on any atom is 0.273 e. The fourth-order valence-corrected chi connectivity index (χ4v) is 1.40. The summed E-state index contributed by atoms with van der Waals surface area (Å²) in [5.74, 6) is -3.43. The van der Waals surface area contributed by atoms with Gasteiger partial charge in [0.25, 0.3) is 5.91 Å². The molecule has 0 aliphatic carbocycles. The lowest BCUT2D eigenvalue weighted by Crippen LogP contribution is -2.33.